The number of carboxylic acids is 1. The Morgan fingerprint density at radius 2 is 2.07 bits per heavy atom. The Morgan fingerprint density at radius 3 is 2.78 bits per heavy atom. The molecule has 0 aromatic heterocycles. The molecule has 1 atom stereocenters. The molecule has 1 N–H and O–H groups in total. The van der Waals surface area contributed by atoms with Gasteiger partial charge in [0.1, 0.15) is 5.75 Å². The maximum atomic E-state index is 13.8. The van der Waals surface area contributed by atoms with Gasteiger partial charge in [-0.25, -0.2) is 9.18 Å². The summed E-state index contributed by atoms with van der Waals surface area (Å²) in [6, 6.07) is 7.87. The second-order valence-electron chi connectivity index (χ2n) is 6.11. The van der Waals surface area contributed by atoms with E-state index in [2.05, 4.69) is 31.9 Å². The molecule has 0 spiro atoms. The summed E-state index contributed by atoms with van der Waals surface area (Å²) < 4.78 is 25.2. The number of alkyl halides is 1. The number of Topliss-reactive ketones (excluding diaryl/α,β-unsaturated/α-hetero) is 1. The Labute approximate surface area is 171 Å². The Morgan fingerprint density at radius 1 is 1.30 bits per heavy atom. The van der Waals surface area contributed by atoms with Crippen LogP contribution in [0, 0.1) is 11.7 Å². The van der Waals surface area contributed by atoms with E-state index in [0.29, 0.717) is 28.6 Å². The fourth-order valence-corrected chi connectivity index (χ4v) is 3.84. The van der Waals surface area contributed by atoms with Gasteiger partial charge in [0.25, 0.3) is 0 Å². The molecule has 3 rings (SSSR count). The molecule has 142 valence electrons. The minimum absolute atomic E-state index is 0.0444. The fraction of sp³-hybridized carbons (Fsp3) is 0.263. The Balaban J connectivity index is 1.81. The van der Waals surface area contributed by atoms with Crippen molar-refractivity contribution in [3.63, 3.8) is 0 Å². The Bertz CT molecular complexity index is 900. The third-order valence-electron chi connectivity index (χ3n) is 4.15. The third kappa shape index (κ3) is 4.50. The summed E-state index contributed by atoms with van der Waals surface area (Å²) >= 11 is 6.81. The predicted octanol–water partition coefficient (Wildman–Crippen LogP) is 4.38. The molecular weight excluding hydrogens is 487 g/mol. The molecule has 0 bridgehead atoms. The van der Waals surface area contributed by atoms with Crippen LogP contribution in [0.3, 0.4) is 0 Å². The summed E-state index contributed by atoms with van der Waals surface area (Å²) in [6.45, 7) is -0.427. The molecule has 2 aromatic rings. The molecule has 1 unspecified atom stereocenters. The highest BCUT2D eigenvalue weighted by atomic mass is 79.9. The first-order valence-corrected chi connectivity index (χ1v) is 9.99. The van der Waals surface area contributed by atoms with Gasteiger partial charge in [-0.05, 0) is 57.7 Å². The normalized spacial score (nSPS) is 15.8. The molecule has 1 aliphatic rings. The van der Waals surface area contributed by atoms with Gasteiger partial charge in [0.2, 0.25) is 0 Å². The number of carbonyl (C=O) groups is 2. The molecule has 2 aromatic carbocycles. The van der Waals surface area contributed by atoms with Crippen LogP contribution in [-0.2, 0) is 16.5 Å². The van der Waals surface area contributed by atoms with Crippen LogP contribution >= 0.6 is 31.9 Å². The van der Waals surface area contributed by atoms with E-state index in [1.165, 1.54) is 12.1 Å². The first kappa shape index (κ1) is 19.8. The van der Waals surface area contributed by atoms with Gasteiger partial charge in [-0.2, -0.15) is 0 Å². The van der Waals surface area contributed by atoms with E-state index in [1.807, 2.05) is 6.07 Å². The highest BCUT2D eigenvalue weighted by Gasteiger charge is 2.31. The highest BCUT2D eigenvalue weighted by molar-refractivity contribution is 9.10. The van der Waals surface area contributed by atoms with Crippen molar-refractivity contribution in [1.82, 2.24) is 0 Å². The van der Waals surface area contributed by atoms with Crippen molar-refractivity contribution in [2.45, 2.75) is 11.8 Å². The van der Waals surface area contributed by atoms with Gasteiger partial charge in [0.05, 0.1) is 22.6 Å². The summed E-state index contributed by atoms with van der Waals surface area (Å²) in [4.78, 5) is 23.5. The van der Waals surface area contributed by atoms with Gasteiger partial charge < -0.3 is 14.6 Å². The number of benzene rings is 2. The van der Waals surface area contributed by atoms with Crippen molar-refractivity contribution in [3.8, 4) is 11.5 Å². The smallest absolute Gasteiger partial charge is 0.341 e. The van der Waals surface area contributed by atoms with Crippen LogP contribution in [0.1, 0.15) is 21.5 Å². The lowest BCUT2D eigenvalue weighted by Gasteiger charge is -2.25. The van der Waals surface area contributed by atoms with Crippen LogP contribution in [0.2, 0.25) is 0 Å². The molecule has 1 heterocycles. The molecule has 0 saturated carbocycles. The van der Waals surface area contributed by atoms with E-state index < -0.39 is 24.3 Å². The van der Waals surface area contributed by atoms with E-state index in [0.717, 1.165) is 10.0 Å². The standard InChI is InChI=1S/C19H15Br2FO5/c20-7-11-4-13-18(25)12(8-27-19(13)14(21)5-11)3-10-1-2-15(22)16(6-10)26-9-17(23)24/h1-2,4-6,12H,3,7-9H2,(H,23,24). The zero-order chi connectivity index (χ0) is 19.6. The van der Waals surface area contributed by atoms with Crippen molar-refractivity contribution < 1.29 is 28.6 Å². The Hall–Kier alpha value is -1.93. The fourth-order valence-electron chi connectivity index (χ4n) is 2.90. The number of fused-ring (bicyclic) bond motifs is 1. The van der Waals surface area contributed by atoms with Crippen LogP contribution in [0.5, 0.6) is 11.5 Å². The molecule has 5 nitrogen and oxygen atoms in total. The number of carboxylic acid groups (broad SMARTS) is 1. The summed E-state index contributed by atoms with van der Waals surface area (Å²) in [7, 11) is 0. The number of ether oxygens (including phenoxy) is 2. The zero-order valence-electron chi connectivity index (χ0n) is 14.0. The van der Waals surface area contributed by atoms with Crippen LogP contribution in [0.15, 0.2) is 34.8 Å². The number of hydrogen-bond donors (Lipinski definition) is 1. The monoisotopic (exact) mass is 500 g/mol. The number of aliphatic carboxylic acids is 1. The zero-order valence-corrected chi connectivity index (χ0v) is 17.2. The summed E-state index contributed by atoms with van der Waals surface area (Å²) in [5, 5.41) is 9.28. The molecule has 0 saturated heterocycles. The highest BCUT2D eigenvalue weighted by Crippen LogP contribution is 2.37. The maximum Gasteiger partial charge on any atom is 0.341 e. The van der Waals surface area contributed by atoms with Crippen molar-refractivity contribution in [2.75, 3.05) is 13.2 Å². The van der Waals surface area contributed by atoms with Gasteiger partial charge in [-0.1, -0.05) is 22.0 Å². The average Bonchev–Trinajstić information content (AvgIpc) is 2.64. The lowest BCUT2D eigenvalue weighted by molar-refractivity contribution is -0.139. The first-order chi connectivity index (χ1) is 12.9. The van der Waals surface area contributed by atoms with Gasteiger partial charge in [0.15, 0.2) is 24.0 Å². The lowest BCUT2D eigenvalue weighted by atomic mass is 9.89. The van der Waals surface area contributed by atoms with Crippen molar-refractivity contribution in [1.29, 1.82) is 0 Å². The number of halogens is 3. The Kier molecular flexibility index (Phi) is 6.16. The topological polar surface area (TPSA) is 72.8 Å². The number of ketones is 1. The van der Waals surface area contributed by atoms with Gasteiger partial charge in [-0.15, -0.1) is 0 Å². The second kappa shape index (κ2) is 8.39. The quantitative estimate of drug-likeness (QED) is 0.594. The minimum Gasteiger partial charge on any atom is -0.491 e. The van der Waals surface area contributed by atoms with Crippen LogP contribution in [-0.4, -0.2) is 30.1 Å². The average molecular weight is 502 g/mol. The van der Waals surface area contributed by atoms with E-state index in [9.17, 15) is 14.0 Å². The van der Waals surface area contributed by atoms with E-state index in [4.69, 9.17) is 14.6 Å². The number of carbonyl (C=O) groups excluding carboxylic acids is 1. The predicted molar refractivity (Wildman–Crippen MR) is 103 cm³/mol. The van der Waals surface area contributed by atoms with Gasteiger partial charge in [0, 0.05) is 5.33 Å². The number of rotatable bonds is 6. The van der Waals surface area contributed by atoms with Crippen molar-refractivity contribution in [2.24, 2.45) is 5.92 Å². The van der Waals surface area contributed by atoms with E-state index in [-0.39, 0.29) is 18.1 Å². The van der Waals surface area contributed by atoms with Crippen LogP contribution < -0.4 is 9.47 Å². The molecule has 27 heavy (non-hydrogen) atoms. The van der Waals surface area contributed by atoms with E-state index in [1.54, 1.807) is 12.1 Å². The summed E-state index contributed by atoms with van der Waals surface area (Å²) in [5.74, 6) is -1.93. The molecule has 0 fully saturated rings. The molecule has 0 amide bonds. The summed E-state index contributed by atoms with van der Waals surface area (Å²) in [6.07, 6.45) is 0.331. The van der Waals surface area contributed by atoms with E-state index >= 15 is 0 Å². The van der Waals surface area contributed by atoms with Crippen molar-refractivity contribution >= 4 is 43.6 Å². The first-order valence-electron chi connectivity index (χ1n) is 8.07. The molecular formula is C19H15Br2FO5. The van der Waals surface area contributed by atoms with Crippen LogP contribution in [0.25, 0.3) is 0 Å². The van der Waals surface area contributed by atoms with Crippen molar-refractivity contribution in [3.05, 3.63) is 57.3 Å². The molecule has 0 radical (unpaired) electrons. The van der Waals surface area contributed by atoms with Crippen LogP contribution in [0.4, 0.5) is 4.39 Å². The SMILES string of the molecule is O=C(O)COc1cc(CC2COc3c(Br)cc(CBr)cc3C2=O)ccc1F. The molecule has 8 heteroatoms. The molecule has 1 aliphatic heterocycles. The third-order valence-corrected chi connectivity index (χ3v) is 5.39. The number of hydrogen-bond acceptors (Lipinski definition) is 4. The van der Waals surface area contributed by atoms with Gasteiger partial charge >= 0.3 is 5.97 Å². The summed E-state index contributed by atoms with van der Waals surface area (Å²) in [5.41, 5.74) is 2.13. The second-order valence-corrected chi connectivity index (χ2v) is 7.53. The minimum atomic E-state index is -1.19. The van der Waals surface area contributed by atoms with Gasteiger partial charge in [-0.3, -0.25) is 4.79 Å². The lowest BCUT2D eigenvalue weighted by Crippen LogP contribution is -2.30. The maximum absolute atomic E-state index is 13.8. The molecule has 0 aliphatic carbocycles. The largest absolute Gasteiger partial charge is 0.491 e.